The Morgan fingerprint density at radius 2 is 1.95 bits per heavy atom. The minimum Gasteiger partial charge on any atom is -0.493 e. The van der Waals surface area contributed by atoms with Gasteiger partial charge in [-0.05, 0) is 48.4 Å². The fraction of sp³-hybridized carbons (Fsp3) is 0.333. The van der Waals surface area contributed by atoms with Crippen LogP contribution in [0.5, 0.6) is 5.75 Å². The van der Waals surface area contributed by atoms with Gasteiger partial charge in [0.05, 0.1) is 6.61 Å². The summed E-state index contributed by atoms with van der Waals surface area (Å²) in [6.45, 7) is 2.92. The Morgan fingerprint density at radius 1 is 1.19 bits per heavy atom. The largest absolute Gasteiger partial charge is 0.493 e. The molecule has 0 aromatic heterocycles. The molecular formula is C18H22N2O. The Labute approximate surface area is 126 Å². The van der Waals surface area contributed by atoms with Crippen molar-refractivity contribution in [2.45, 2.75) is 31.7 Å². The molecular weight excluding hydrogens is 260 g/mol. The van der Waals surface area contributed by atoms with Gasteiger partial charge in [-0.15, -0.1) is 0 Å². The Balaban J connectivity index is 1.84. The predicted octanol–water partition coefficient (Wildman–Crippen LogP) is 3.46. The lowest BCUT2D eigenvalue weighted by molar-refractivity contribution is 0.255. The van der Waals surface area contributed by atoms with Gasteiger partial charge in [-0.1, -0.05) is 42.5 Å². The third-order valence-electron chi connectivity index (χ3n) is 4.37. The van der Waals surface area contributed by atoms with Crippen LogP contribution in [0.4, 0.5) is 0 Å². The normalized spacial score (nSPS) is 18.7. The molecule has 2 aromatic rings. The second-order valence-corrected chi connectivity index (χ2v) is 5.68. The number of rotatable bonds is 4. The van der Waals surface area contributed by atoms with Crippen LogP contribution < -0.4 is 16.0 Å². The van der Waals surface area contributed by atoms with Gasteiger partial charge in [-0.2, -0.15) is 0 Å². The van der Waals surface area contributed by atoms with Crippen molar-refractivity contribution in [3.63, 3.8) is 0 Å². The van der Waals surface area contributed by atoms with Crippen molar-refractivity contribution < 1.29 is 4.74 Å². The van der Waals surface area contributed by atoms with Crippen molar-refractivity contribution in [3.05, 3.63) is 65.2 Å². The molecule has 3 rings (SSSR count). The number of nitrogens with two attached hydrogens (primary N) is 1. The van der Waals surface area contributed by atoms with Gasteiger partial charge >= 0.3 is 0 Å². The van der Waals surface area contributed by atoms with E-state index >= 15 is 0 Å². The van der Waals surface area contributed by atoms with E-state index in [0.717, 1.165) is 25.2 Å². The molecule has 2 aromatic carbocycles. The standard InChI is InChI=1S/C18H22N2O/c1-13-6-2-3-7-15(13)17(20-19)12-14-10-11-21-18-9-5-4-8-16(14)18/h2-9,14,17,20H,10-12,19H2,1H3. The molecule has 0 aliphatic carbocycles. The van der Waals surface area contributed by atoms with Gasteiger partial charge in [0.2, 0.25) is 0 Å². The first-order valence-electron chi connectivity index (χ1n) is 7.53. The Hall–Kier alpha value is -1.84. The highest BCUT2D eigenvalue weighted by Crippen LogP contribution is 2.39. The van der Waals surface area contributed by atoms with Crippen LogP contribution in [-0.2, 0) is 0 Å². The number of para-hydroxylation sites is 1. The lowest BCUT2D eigenvalue weighted by atomic mass is 9.85. The van der Waals surface area contributed by atoms with E-state index < -0.39 is 0 Å². The number of hydrazine groups is 1. The Morgan fingerprint density at radius 3 is 2.76 bits per heavy atom. The molecule has 0 amide bonds. The summed E-state index contributed by atoms with van der Waals surface area (Å²) in [5, 5.41) is 0. The minimum atomic E-state index is 0.169. The number of hydrogen-bond donors (Lipinski definition) is 2. The first-order chi connectivity index (χ1) is 10.3. The predicted molar refractivity (Wildman–Crippen MR) is 85.2 cm³/mol. The lowest BCUT2D eigenvalue weighted by Gasteiger charge is -2.29. The molecule has 0 spiro atoms. The second kappa shape index (κ2) is 6.29. The van der Waals surface area contributed by atoms with E-state index in [9.17, 15) is 0 Å². The van der Waals surface area contributed by atoms with Crippen molar-refractivity contribution in [3.8, 4) is 5.75 Å². The number of hydrogen-bond acceptors (Lipinski definition) is 3. The zero-order chi connectivity index (χ0) is 14.7. The fourth-order valence-corrected chi connectivity index (χ4v) is 3.21. The average molecular weight is 282 g/mol. The average Bonchev–Trinajstić information content (AvgIpc) is 2.53. The smallest absolute Gasteiger partial charge is 0.122 e. The first-order valence-corrected chi connectivity index (χ1v) is 7.53. The molecule has 1 heterocycles. The van der Waals surface area contributed by atoms with Crippen molar-refractivity contribution >= 4 is 0 Å². The van der Waals surface area contributed by atoms with Crippen LogP contribution >= 0.6 is 0 Å². The van der Waals surface area contributed by atoms with E-state index in [4.69, 9.17) is 10.6 Å². The SMILES string of the molecule is Cc1ccccc1C(CC1CCOc2ccccc21)NN. The summed E-state index contributed by atoms with van der Waals surface area (Å²) in [5.74, 6) is 7.33. The maximum Gasteiger partial charge on any atom is 0.122 e. The molecule has 110 valence electrons. The van der Waals surface area contributed by atoms with Crippen LogP contribution in [0.15, 0.2) is 48.5 Å². The quantitative estimate of drug-likeness (QED) is 0.667. The third kappa shape index (κ3) is 2.94. The zero-order valence-electron chi connectivity index (χ0n) is 12.4. The van der Waals surface area contributed by atoms with E-state index in [1.807, 2.05) is 6.07 Å². The number of aryl methyl sites for hydroxylation is 1. The molecule has 1 aliphatic heterocycles. The van der Waals surface area contributed by atoms with Crippen LogP contribution in [-0.4, -0.2) is 6.61 Å². The van der Waals surface area contributed by atoms with Crippen LogP contribution in [0.2, 0.25) is 0 Å². The van der Waals surface area contributed by atoms with E-state index in [1.54, 1.807) is 0 Å². The molecule has 0 radical (unpaired) electrons. The van der Waals surface area contributed by atoms with E-state index in [-0.39, 0.29) is 6.04 Å². The van der Waals surface area contributed by atoms with Crippen LogP contribution in [0, 0.1) is 6.92 Å². The van der Waals surface area contributed by atoms with Gasteiger partial charge in [0.1, 0.15) is 5.75 Å². The molecule has 2 unspecified atom stereocenters. The van der Waals surface area contributed by atoms with Gasteiger partial charge in [-0.25, -0.2) is 0 Å². The highest BCUT2D eigenvalue weighted by molar-refractivity contribution is 5.38. The van der Waals surface area contributed by atoms with Gasteiger partial charge < -0.3 is 4.74 Å². The molecule has 0 fully saturated rings. The highest BCUT2D eigenvalue weighted by Gasteiger charge is 2.25. The van der Waals surface area contributed by atoms with Gasteiger partial charge in [0.15, 0.2) is 0 Å². The van der Waals surface area contributed by atoms with Crippen molar-refractivity contribution in [2.75, 3.05) is 6.61 Å². The molecule has 0 saturated carbocycles. The highest BCUT2D eigenvalue weighted by atomic mass is 16.5. The summed E-state index contributed by atoms with van der Waals surface area (Å²) < 4.78 is 5.75. The van der Waals surface area contributed by atoms with E-state index in [2.05, 4.69) is 54.8 Å². The fourth-order valence-electron chi connectivity index (χ4n) is 3.21. The topological polar surface area (TPSA) is 47.3 Å². The molecule has 0 bridgehead atoms. The number of fused-ring (bicyclic) bond motifs is 1. The minimum absolute atomic E-state index is 0.169. The van der Waals surface area contributed by atoms with Gasteiger partial charge in [0.25, 0.3) is 0 Å². The molecule has 3 nitrogen and oxygen atoms in total. The monoisotopic (exact) mass is 282 g/mol. The molecule has 1 aliphatic rings. The van der Waals surface area contributed by atoms with Crippen molar-refractivity contribution in [2.24, 2.45) is 5.84 Å². The molecule has 3 N–H and O–H groups in total. The first kappa shape index (κ1) is 14.1. The zero-order valence-corrected chi connectivity index (χ0v) is 12.4. The Kier molecular flexibility index (Phi) is 4.23. The summed E-state index contributed by atoms with van der Waals surface area (Å²) in [6, 6.07) is 16.9. The molecule has 21 heavy (non-hydrogen) atoms. The van der Waals surface area contributed by atoms with Crippen molar-refractivity contribution in [1.82, 2.24) is 5.43 Å². The second-order valence-electron chi connectivity index (χ2n) is 5.68. The van der Waals surface area contributed by atoms with Crippen molar-refractivity contribution in [1.29, 1.82) is 0 Å². The number of benzene rings is 2. The maximum atomic E-state index is 5.83. The third-order valence-corrected chi connectivity index (χ3v) is 4.37. The Bertz CT molecular complexity index is 612. The summed E-state index contributed by atoms with van der Waals surface area (Å²) in [5.41, 5.74) is 6.86. The summed E-state index contributed by atoms with van der Waals surface area (Å²) in [6.07, 6.45) is 2.03. The van der Waals surface area contributed by atoms with Crippen LogP contribution in [0.3, 0.4) is 0 Å². The van der Waals surface area contributed by atoms with Crippen LogP contribution in [0.1, 0.15) is 41.5 Å². The maximum absolute atomic E-state index is 5.83. The number of ether oxygens (including phenoxy) is 1. The van der Waals surface area contributed by atoms with E-state index in [1.165, 1.54) is 16.7 Å². The summed E-state index contributed by atoms with van der Waals surface area (Å²) >= 11 is 0. The van der Waals surface area contributed by atoms with E-state index in [0.29, 0.717) is 5.92 Å². The summed E-state index contributed by atoms with van der Waals surface area (Å²) in [7, 11) is 0. The molecule has 2 atom stereocenters. The molecule has 3 heteroatoms. The van der Waals surface area contributed by atoms with Gasteiger partial charge in [-0.3, -0.25) is 11.3 Å². The van der Waals surface area contributed by atoms with Crippen LogP contribution in [0.25, 0.3) is 0 Å². The number of nitrogens with one attached hydrogen (secondary N) is 1. The lowest BCUT2D eigenvalue weighted by Crippen LogP contribution is -2.30. The molecule has 0 saturated heterocycles. The summed E-state index contributed by atoms with van der Waals surface area (Å²) in [4.78, 5) is 0. The van der Waals surface area contributed by atoms with Gasteiger partial charge in [0, 0.05) is 6.04 Å².